The molecular formula is C28H32N8O2. The smallest absolute Gasteiger partial charge is 0.225 e. The third-order valence-corrected chi connectivity index (χ3v) is 7.48. The number of nitrogens with one attached hydrogen (secondary N) is 2. The van der Waals surface area contributed by atoms with Crippen molar-refractivity contribution in [1.29, 1.82) is 0 Å². The summed E-state index contributed by atoms with van der Waals surface area (Å²) in [7, 11) is 1.69. The summed E-state index contributed by atoms with van der Waals surface area (Å²) in [5, 5.41) is 15.0. The van der Waals surface area contributed by atoms with Gasteiger partial charge >= 0.3 is 0 Å². The lowest BCUT2D eigenvalue weighted by molar-refractivity contribution is 0.331. The largest absolute Gasteiger partial charge is 0.507 e. The first kappa shape index (κ1) is 23.9. The number of para-hydroxylation sites is 1. The minimum absolute atomic E-state index is 0.195. The van der Waals surface area contributed by atoms with Gasteiger partial charge in [0.15, 0.2) is 5.82 Å². The van der Waals surface area contributed by atoms with Gasteiger partial charge in [-0.15, -0.1) is 0 Å². The van der Waals surface area contributed by atoms with Crippen LogP contribution in [0.15, 0.2) is 54.6 Å². The highest BCUT2D eigenvalue weighted by Gasteiger charge is 2.28. The fraction of sp³-hybridized carbons (Fsp3) is 0.321. The molecule has 4 heterocycles. The first-order chi connectivity index (χ1) is 18.6. The number of hydrogen-bond donors (Lipinski definition) is 4. The zero-order chi connectivity index (χ0) is 26.1. The summed E-state index contributed by atoms with van der Waals surface area (Å²) in [5.41, 5.74) is 19.4. The van der Waals surface area contributed by atoms with Crippen LogP contribution in [0.5, 0.6) is 5.75 Å². The SMILES string of the molecule is CO/C=C1/CC=C(c2cnc(N3CCC(n4nc(N)c5c4C=C(c4ccccc4O)NN5)CC3)nc2)CC1. The molecule has 2 aromatic heterocycles. The van der Waals surface area contributed by atoms with E-state index in [1.54, 1.807) is 19.2 Å². The van der Waals surface area contributed by atoms with Gasteiger partial charge in [0, 0.05) is 36.6 Å². The van der Waals surface area contributed by atoms with E-state index < -0.39 is 0 Å². The van der Waals surface area contributed by atoms with Crippen LogP contribution >= 0.6 is 0 Å². The Balaban J connectivity index is 1.14. The summed E-state index contributed by atoms with van der Waals surface area (Å²) < 4.78 is 7.16. The number of aromatic nitrogens is 4. The monoisotopic (exact) mass is 512 g/mol. The molecule has 1 fully saturated rings. The predicted octanol–water partition coefficient (Wildman–Crippen LogP) is 4.33. The van der Waals surface area contributed by atoms with Crippen molar-refractivity contribution < 1.29 is 9.84 Å². The van der Waals surface area contributed by atoms with E-state index in [1.807, 2.05) is 41.5 Å². The number of benzene rings is 1. The Kier molecular flexibility index (Phi) is 6.36. The Labute approximate surface area is 221 Å². The molecule has 2 aliphatic heterocycles. The number of anilines is 3. The van der Waals surface area contributed by atoms with E-state index in [0.29, 0.717) is 11.4 Å². The normalized spacial score (nSPS) is 18.8. The highest BCUT2D eigenvalue weighted by molar-refractivity contribution is 5.91. The van der Waals surface area contributed by atoms with Crippen LogP contribution < -0.4 is 21.5 Å². The number of phenols is 1. The predicted molar refractivity (Wildman–Crippen MR) is 149 cm³/mol. The highest BCUT2D eigenvalue weighted by Crippen LogP contribution is 2.37. The first-order valence-corrected chi connectivity index (χ1v) is 13.0. The molecule has 1 saturated heterocycles. The summed E-state index contributed by atoms with van der Waals surface area (Å²) in [4.78, 5) is 11.6. The van der Waals surface area contributed by atoms with Gasteiger partial charge in [0.25, 0.3) is 0 Å². The molecule has 196 valence electrons. The Bertz CT molecular complexity index is 1420. The van der Waals surface area contributed by atoms with Gasteiger partial charge in [0.2, 0.25) is 5.95 Å². The van der Waals surface area contributed by atoms with Gasteiger partial charge in [-0.3, -0.25) is 15.5 Å². The van der Waals surface area contributed by atoms with E-state index in [2.05, 4.69) is 26.9 Å². The Morgan fingerprint density at radius 1 is 1.11 bits per heavy atom. The number of phenolic OH excluding ortho intramolecular Hbond substituents is 1. The first-order valence-electron chi connectivity index (χ1n) is 13.0. The zero-order valence-electron chi connectivity index (χ0n) is 21.4. The summed E-state index contributed by atoms with van der Waals surface area (Å²) in [6.45, 7) is 1.66. The average molecular weight is 513 g/mol. The summed E-state index contributed by atoms with van der Waals surface area (Å²) in [5.74, 6) is 1.42. The maximum absolute atomic E-state index is 10.3. The fourth-order valence-corrected chi connectivity index (χ4v) is 5.41. The molecule has 0 saturated carbocycles. The quantitative estimate of drug-likeness (QED) is 0.370. The third-order valence-electron chi connectivity index (χ3n) is 7.48. The van der Waals surface area contributed by atoms with Gasteiger partial charge in [-0.2, -0.15) is 5.10 Å². The van der Waals surface area contributed by atoms with Crippen LogP contribution in [-0.2, 0) is 4.74 Å². The third kappa shape index (κ3) is 4.53. The molecule has 0 atom stereocenters. The van der Waals surface area contributed by atoms with Crippen molar-refractivity contribution in [3.8, 4) is 5.75 Å². The van der Waals surface area contributed by atoms with Crippen LogP contribution in [0.4, 0.5) is 17.5 Å². The second kappa shape index (κ2) is 10.1. The maximum Gasteiger partial charge on any atom is 0.225 e. The van der Waals surface area contributed by atoms with Crippen LogP contribution in [0, 0.1) is 0 Å². The number of allylic oxidation sites excluding steroid dienone is 3. The van der Waals surface area contributed by atoms with Crippen molar-refractivity contribution in [2.24, 2.45) is 0 Å². The number of aromatic hydroxyl groups is 1. The zero-order valence-corrected chi connectivity index (χ0v) is 21.4. The number of nitrogen functional groups attached to an aromatic ring is 1. The number of nitrogens with two attached hydrogens (primary N) is 1. The van der Waals surface area contributed by atoms with Gasteiger partial charge < -0.3 is 20.5 Å². The summed E-state index contributed by atoms with van der Waals surface area (Å²) in [6.07, 6.45) is 14.7. The van der Waals surface area contributed by atoms with Gasteiger partial charge in [0.1, 0.15) is 11.4 Å². The standard InChI is InChI=1S/C28H32N8O2/c1-38-17-18-6-8-19(9-7-18)20-15-30-28(31-16-20)35-12-10-21(11-13-35)36-24-14-23(22-4-2-3-5-25(22)37)32-33-26(24)27(29)34-36/h2-5,8,14-17,21,32-33,37H,6-7,9-13H2,1H3,(H2,29,34)/b18-17-. The molecule has 0 amide bonds. The Morgan fingerprint density at radius 3 is 2.61 bits per heavy atom. The maximum atomic E-state index is 10.3. The van der Waals surface area contributed by atoms with E-state index in [9.17, 15) is 5.11 Å². The van der Waals surface area contributed by atoms with Crippen LogP contribution in [0.25, 0.3) is 17.3 Å². The number of hydrazine groups is 1. The average Bonchev–Trinajstić information content (AvgIpc) is 3.30. The fourth-order valence-electron chi connectivity index (χ4n) is 5.41. The molecule has 3 aromatic rings. The van der Waals surface area contributed by atoms with Gasteiger partial charge in [0.05, 0.1) is 30.8 Å². The molecule has 3 aliphatic rings. The van der Waals surface area contributed by atoms with Crippen molar-refractivity contribution in [1.82, 2.24) is 25.2 Å². The highest BCUT2D eigenvalue weighted by atomic mass is 16.5. The van der Waals surface area contributed by atoms with Gasteiger partial charge in [-0.1, -0.05) is 18.2 Å². The van der Waals surface area contributed by atoms with Gasteiger partial charge in [-0.05, 0) is 61.5 Å². The molecule has 1 aromatic carbocycles. The molecule has 0 unspecified atom stereocenters. The van der Waals surface area contributed by atoms with E-state index in [0.717, 1.165) is 73.8 Å². The molecule has 10 heteroatoms. The molecule has 0 radical (unpaired) electrons. The minimum Gasteiger partial charge on any atom is -0.507 e. The lowest BCUT2D eigenvalue weighted by atomic mass is 9.92. The molecule has 6 rings (SSSR count). The second-order valence-corrected chi connectivity index (χ2v) is 9.85. The van der Waals surface area contributed by atoms with Crippen LogP contribution in [0.2, 0.25) is 0 Å². The number of rotatable bonds is 5. The number of hydrogen-bond acceptors (Lipinski definition) is 9. The molecule has 38 heavy (non-hydrogen) atoms. The molecule has 5 N–H and O–H groups in total. The molecule has 0 spiro atoms. The van der Waals surface area contributed by atoms with E-state index >= 15 is 0 Å². The van der Waals surface area contributed by atoms with Crippen LogP contribution in [0.1, 0.15) is 55.0 Å². The van der Waals surface area contributed by atoms with Crippen LogP contribution in [0.3, 0.4) is 0 Å². The van der Waals surface area contributed by atoms with Gasteiger partial charge in [-0.25, -0.2) is 9.97 Å². The number of piperidine rings is 1. The van der Waals surface area contributed by atoms with Crippen molar-refractivity contribution in [3.63, 3.8) is 0 Å². The van der Waals surface area contributed by atoms with Crippen molar-refractivity contribution >= 4 is 34.8 Å². The molecule has 10 nitrogen and oxygen atoms in total. The number of nitrogens with zero attached hydrogens (tertiary/aromatic N) is 5. The summed E-state index contributed by atoms with van der Waals surface area (Å²) in [6, 6.07) is 7.43. The van der Waals surface area contributed by atoms with Crippen molar-refractivity contribution in [3.05, 3.63) is 71.4 Å². The van der Waals surface area contributed by atoms with E-state index in [1.165, 1.54) is 11.1 Å². The lowest BCUT2D eigenvalue weighted by Crippen LogP contribution is -2.36. The van der Waals surface area contributed by atoms with Crippen molar-refractivity contribution in [2.75, 3.05) is 36.3 Å². The van der Waals surface area contributed by atoms with Crippen molar-refractivity contribution in [2.45, 2.75) is 38.1 Å². The number of fused-ring (bicyclic) bond motifs is 1. The molecular weight excluding hydrogens is 480 g/mol. The topological polar surface area (TPSA) is 126 Å². The Hall–Kier alpha value is -4.47. The minimum atomic E-state index is 0.195. The lowest BCUT2D eigenvalue weighted by Gasteiger charge is -2.33. The number of methoxy groups -OCH3 is 1. The van der Waals surface area contributed by atoms with E-state index in [4.69, 9.17) is 20.4 Å². The molecule has 0 bridgehead atoms. The number of ether oxygens (including phenoxy) is 1. The second-order valence-electron chi connectivity index (χ2n) is 9.85. The molecule has 1 aliphatic carbocycles. The Morgan fingerprint density at radius 2 is 1.89 bits per heavy atom. The van der Waals surface area contributed by atoms with Crippen LogP contribution in [-0.4, -0.2) is 45.1 Å². The van der Waals surface area contributed by atoms with E-state index in [-0.39, 0.29) is 11.8 Å². The summed E-state index contributed by atoms with van der Waals surface area (Å²) >= 11 is 0.